The van der Waals surface area contributed by atoms with E-state index in [1.54, 1.807) is 0 Å². The third-order valence-electron chi connectivity index (χ3n) is 4.64. The van der Waals surface area contributed by atoms with Crippen LogP contribution in [0.5, 0.6) is 0 Å². The smallest absolute Gasteiger partial charge is 0.122 e. The maximum atomic E-state index is 4.56. The van der Waals surface area contributed by atoms with Gasteiger partial charge in [0.1, 0.15) is 5.82 Å². The molecule has 3 heterocycles. The highest BCUT2D eigenvalue weighted by atomic mass is 15.2. The van der Waals surface area contributed by atoms with E-state index in [1.807, 2.05) is 18.5 Å². The van der Waals surface area contributed by atoms with E-state index in [4.69, 9.17) is 0 Å². The van der Waals surface area contributed by atoms with Crippen LogP contribution < -0.4 is 0 Å². The summed E-state index contributed by atoms with van der Waals surface area (Å²) in [6.45, 7) is 2.98. The summed E-state index contributed by atoms with van der Waals surface area (Å²) in [5.41, 5.74) is 4.96. The Morgan fingerprint density at radius 3 is 2.74 bits per heavy atom. The third-order valence-corrected chi connectivity index (χ3v) is 4.64. The van der Waals surface area contributed by atoms with Crippen molar-refractivity contribution in [2.24, 2.45) is 7.05 Å². The summed E-state index contributed by atoms with van der Waals surface area (Å²) < 4.78 is 2.10. The molecule has 0 radical (unpaired) electrons. The van der Waals surface area contributed by atoms with Crippen LogP contribution in [0.4, 0.5) is 0 Å². The lowest BCUT2D eigenvalue weighted by Crippen LogP contribution is -2.27. The molecule has 1 N–H and O–H groups in total. The summed E-state index contributed by atoms with van der Waals surface area (Å²) >= 11 is 0. The van der Waals surface area contributed by atoms with Crippen molar-refractivity contribution in [2.45, 2.75) is 19.4 Å². The van der Waals surface area contributed by atoms with Gasteiger partial charge in [-0.25, -0.2) is 4.98 Å². The maximum Gasteiger partial charge on any atom is 0.122 e. The highest BCUT2D eigenvalue weighted by Gasteiger charge is 2.20. The lowest BCUT2D eigenvalue weighted by molar-refractivity contribution is 0.269. The van der Waals surface area contributed by atoms with Gasteiger partial charge in [0, 0.05) is 55.8 Å². The van der Waals surface area contributed by atoms with Crippen molar-refractivity contribution in [1.29, 1.82) is 0 Å². The second-order valence-electron chi connectivity index (χ2n) is 6.13. The van der Waals surface area contributed by atoms with Crippen molar-refractivity contribution in [2.75, 3.05) is 13.1 Å². The first-order valence-corrected chi connectivity index (χ1v) is 8.11. The van der Waals surface area contributed by atoms with Gasteiger partial charge < -0.3 is 4.57 Å². The van der Waals surface area contributed by atoms with E-state index in [1.165, 1.54) is 16.8 Å². The van der Waals surface area contributed by atoms with Crippen molar-refractivity contribution in [1.82, 2.24) is 24.6 Å². The fourth-order valence-electron chi connectivity index (χ4n) is 3.27. The molecule has 0 saturated heterocycles. The Balaban J connectivity index is 1.53. The molecule has 0 bridgehead atoms. The zero-order valence-electron chi connectivity index (χ0n) is 13.4. The lowest BCUT2D eigenvalue weighted by atomic mass is 10.0. The minimum absolute atomic E-state index is 0.905. The number of rotatable bonds is 3. The standard InChI is InChI=1S/C18H21N5/c1-22-12-9-19-17(22)13-23-10-7-15-16(8-11-23)20-21-18(15)14-5-3-2-4-6-14/h2-6,9,12H,7-8,10-11,13H2,1H3,(H,20,21). The third kappa shape index (κ3) is 2.80. The fourth-order valence-corrected chi connectivity index (χ4v) is 3.27. The van der Waals surface area contributed by atoms with Crippen LogP contribution in [0, 0.1) is 0 Å². The molecule has 0 saturated carbocycles. The monoisotopic (exact) mass is 307 g/mol. The predicted octanol–water partition coefficient (Wildman–Crippen LogP) is 2.41. The number of imidazole rings is 1. The quantitative estimate of drug-likeness (QED) is 0.808. The van der Waals surface area contributed by atoms with E-state index in [2.05, 4.69) is 56.0 Å². The molecule has 5 nitrogen and oxygen atoms in total. The molecule has 1 aromatic carbocycles. The van der Waals surface area contributed by atoms with Crippen molar-refractivity contribution >= 4 is 0 Å². The summed E-state index contributed by atoms with van der Waals surface area (Å²) in [5.74, 6) is 1.12. The molecule has 0 unspecified atom stereocenters. The molecule has 1 aliphatic heterocycles. The predicted molar refractivity (Wildman–Crippen MR) is 89.9 cm³/mol. The average Bonchev–Trinajstić information content (AvgIpc) is 3.11. The highest BCUT2D eigenvalue weighted by Crippen LogP contribution is 2.26. The molecule has 5 heteroatoms. The Bertz CT molecular complexity index is 787. The van der Waals surface area contributed by atoms with Gasteiger partial charge in [-0.2, -0.15) is 5.10 Å². The van der Waals surface area contributed by atoms with Crippen LogP contribution in [0.3, 0.4) is 0 Å². The van der Waals surface area contributed by atoms with Crippen LogP contribution in [-0.4, -0.2) is 37.7 Å². The van der Waals surface area contributed by atoms with Crippen LogP contribution in [0.25, 0.3) is 11.3 Å². The Hall–Kier alpha value is -2.40. The maximum absolute atomic E-state index is 4.56. The van der Waals surface area contributed by atoms with Crippen molar-refractivity contribution in [3.05, 3.63) is 59.8 Å². The summed E-state index contributed by atoms with van der Waals surface area (Å²) in [4.78, 5) is 6.92. The van der Waals surface area contributed by atoms with Gasteiger partial charge in [-0.05, 0) is 6.42 Å². The summed E-state index contributed by atoms with van der Waals surface area (Å²) in [6, 6.07) is 10.4. The van der Waals surface area contributed by atoms with Gasteiger partial charge >= 0.3 is 0 Å². The van der Waals surface area contributed by atoms with Crippen LogP contribution in [0.2, 0.25) is 0 Å². The van der Waals surface area contributed by atoms with Gasteiger partial charge in [-0.3, -0.25) is 10.00 Å². The number of nitrogens with zero attached hydrogens (tertiary/aromatic N) is 4. The Morgan fingerprint density at radius 1 is 1.13 bits per heavy atom. The van der Waals surface area contributed by atoms with Crippen molar-refractivity contribution in [3.63, 3.8) is 0 Å². The van der Waals surface area contributed by atoms with Crippen LogP contribution in [0.1, 0.15) is 17.1 Å². The highest BCUT2D eigenvalue weighted by molar-refractivity contribution is 5.64. The number of hydrogen-bond acceptors (Lipinski definition) is 3. The van der Waals surface area contributed by atoms with Gasteiger partial charge in [-0.1, -0.05) is 30.3 Å². The molecule has 0 spiro atoms. The van der Waals surface area contributed by atoms with Gasteiger partial charge in [0.15, 0.2) is 0 Å². The number of benzene rings is 1. The number of aromatic nitrogens is 4. The summed E-state index contributed by atoms with van der Waals surface area (Å²) in [6.07, 6.45) is 5.92. The van der Waals surface area contributed by atoms with Crippen LogP contribution in [0.15, 0.2) is 42.7 Å². The number of aromatic amines is 1. The second kappa shape index (κ2) is 6.01. The van der Waals surface area contributed by atoms with Gasteiger partial charge in [0.25, 0.3) is 0 Å². The molecule has 0 aliphatic carbocycles. The minimum Gasteiger partial charge on any atom is -0.337 e. The van der Waals surface area contributed by atoms with E-state index in [9.17, 15) is 0 Å². The number of nitrogens with one attached hydrogen (secondary N) is 1. The Kier molecular flexibility index (Phi) is 3.71. The van der Waals surface area contributed by atoms with E-state index < -0.39 is 0 Å². The number of aryl methyl sites for hydroxylation is 1. The summed E-state index contributed by atoms with van der Waals surface area (Å²) in [5, 5.41) is 7.82. The average molecular weight is 307 g/mol. The summed E-state index contributed by atoms with van der Waals surface area (Å²) in [7, 11) is 2.06. The molecule has 1 aliphatic rings. The van der Waals surface area contributed by atoms with Gasteiger partial charge in [0.05, 0.1) is 12.2 Å². The van der Waals surface area contributed by atoms with E-state index in [0.717, 1.165) is 44.0 Å². The number of fused-ring (bicyclic) bond motifs is 1. The zero-order chi connectivity index (χ0) is 15.6. The molecule has 23 heavy (non-hydrogen) atoms. The first-order valence-electron chi connectivity index (χ1n) is 8.11. The lowest BCUT2D eigenvalue weighted by Gasteiger charge is -2.19. The molecule has 0 atom stereocenters. The number of hydrogen-bond donors (Lipinski definition) is 1. The molecule has 0 fully saturated rings. The molecule has 4 rings (SSSR count). The van der Waals surface area contributed by atoms with Crippen LogP contribution >= 0.6 is 0 Å². The van der Waals surface area contributed by atoms with Crippen molar-refractivity contribution in [3.8, 4) is 11.3 Å². The van der Waals surface area contributed by atoms with Gasteiger partial charge in [0.2, 0.25) is 0 Å². The fraction of sp³-hybridized carbons (Fsp3) is 0.333. The topological polar surface area (TPSA) is 49.7 Å². The largest absolute Gasteiger partial charge is 0.337 e. The molecule has 3 aromatic rings. The molecule has 2 aromatic heterocycles. The Morgan fingerprint density at radius 2 is 1.96 bits per heavy atom. The molecule has 118 valence electrons. The van der Waals surface area contributed by atoms with E-state index >= 15 is 0 Å². The SMILES string of the molecule is Cn1ccnc1CN1CCc2[nH]nc(-c3ccccc3)c2CC1. The molecular formula is C18H21N5. The number of H-pyrrole nitrogens is 1. The Labute approximate surface area is 136 Å². The molecular weight excluding hydrogens is 286 g/mol. The first-order chi connectivity index (χ1) is 11.3. The normalized spacial score (nSPS) is 15.3. The zero-order valence-corrected chi connectivity index (χ0v) is 13.4. The first kappa shape index (κ1) is 14.2. The van der Waals surface area contributed by atoms with Crippen molar-refractivity contribution < 1.29 is 0 Å². The molecule has 0 amide bonds. The minimum atomic E-state index is 0.905. The second-order valence-corrected chi connectivity index (χ2v) is 6.13. The van der Waals surface area contributed by atoms with Gasteiger partial charge in [-0.15, -0.1) is 0 Å². The van der Waals surface area contributed by atoms with Crippen LogP contribution in [-0.2, 0) is 26.4 Å². The van der Waals surface area contributed by atoms with E-state index in [0.29, 0.717) is 0 Å². The van der Waals surface area contributed by atoms with E-state index in [-0.39, 0.29) is 0 Å².